The second kappa shape index (κ2) is 5.03. The molecule has 0 N–H and O–H groups in total. The Hall–Kier alpha value is -1.79. The van der Waals surface area contributed by atoms with Gasteiger partial charge in [0, 0.05) is 23.4 Å². The molecule has 1 heterocycles. The fourth-order valence-electron chi connectivity index (χ4n) is 1.58. The lowest BCUT2D eigenvalue weighted by Gasteiger charge is -2.01. The molecule has 2 nitrogen and oxygen atoms in total. The molecule has 0 saturated heterocycles. The predicted molar refractivity (Wildman–Crippen MR) is 73.0 cm³/mol. The number of rotatable bonds is 2. The van der Waals surface area contributed by atoms with E-state index in [4.69, 9.17) is 0 Å². The molecule has 0 unspecified atom stereocenters. The van der Waals surface area contributed by atoms with Gasteiger partial charge in [-0.15, -0.1) is 0 Å². The first-order valence-electron chi connectivity index (χ1n) is 5.20. The van der Waals surface area contributed by atoms with E-state index in [9.17, 15) is 5.26 Å². The highest BCUT2D eigenvalue weighted by Crippen LogP contribution is 2.20. The minimum Gasteiger partial charge on any atom is -0.351 e. The molecule has 0 amide bonds. The normalized spacial score (nSPS) is 11.2. The smallest absolute Gasteiger partial charge is 0.0998 e. The molecule has 0 bridgehead atoms. The van der Waals surface area contributed by atoms with Crippen molar-refractivity contribution >= 4 is 27.6 Å². The summed E-state index contributed by atoms with van der Waals surface area (Å²) in [6.07, 6.45) is 3.85. The molecule has 84 valence electrons. The van der Waals surface area contributed by atoms with E-state index in [0.717, 1.165) is 15.7 Å². The van der Waals surface area contributed by atoms with Gasteiger partial charge in [0.05, 0.1) is 11.6 Å². The van der Waals surface area contributed by atoms with E-state index in [-0.39, 0.29) is 0 Å². The van der Waals surface area contributed by atoms with Crippen LogP contribution < -0.4 is 0 Å². The minimum absolute atomic E-state index is 0.666. The van der Waals surface area contributed by atoms with Crippen molar-refractivity contribution in [2.75, 3.05) is 0 Å². The van der Waals surface area contributed by atoms with Gasteiger partial charge in [0.15, 0.2) is 0 Å². The molecule has 2 aromatic rings. The highest BCUT2D eigenvalue weighted by molar-refractivity contribution is 9.10. The summed E-state index contributed by atoms with van der Waals surface area (Å²) < 4.78 is 2.99. The first kappa shape index (κ1) is 11.7. The molecule has 0 radical (unpaired) electrons. The van der Waals surface area contributed by atoms with Gasteiger partial charge in [-0.1, -0.05) is 28.1 Å². The van der Waals surface area contributed by atoms with Gasteiger partial charge in [-0.05, 0) is 35.9 Å². The maximum Gasteiger partial charge on any atom is 0.0998 e. The van der Waals surface area contributed by atoms with Crippen LogP contribution in [0.4, 0.5) is 0 Å². The predicted octanol–water partition coefficient (Wildman–Crippen LogP) is 3.85. The molecule has 3 heteroatoms. The van der Waals surface area contributed by atoms with Crippen LogP contribution in [0.3, 0.4) is 0 Å². The highest BCUT2D eigenvalue weighted by atomic mass is 79.9. The minimum atomic E-state index is 0.666. The largest absolute Gasteiger partial charge is 0.351 e. The topological polar surface area (TPSA) is 28.7 Å². The van der Waals surface area contributed by atoms with Crippen LogP contribution in [-0.2, 0) is 7.05 Å². The molecule has 0 spiro atoms. The number of hydrogen-bond acceptors (Lipinski definition) is 1. The number of aryl methyl sites for hydroxylation is 1. The SMILES string of the molecule is Cn1cccc1C=C(C#N)c1ccc(Br)cc1. The number of nitrogens with zero attached hydrogens (tertiary/aromatic N) is 2. The van der Waals surface area contributed by atoms with E-state index in [2.05, 4.69) is 22.0 Å². The van der Waals surface area contributed by atoms with Crippen LogP contribution in [0.25, 0.3) is 11.6 Å². The van der Waals surface area contributed by atoms with Crippen molar-refractivity contribution in [3.8, 4) is 6.07 Å². The Morgan fingerprint density at radius 1 is 1.29 bits per heavy atom. The van der Waals surface area contributed by atoms with E-state index in [1.807, 2.05) is 60.3 Å². The molecule has 1 aromatic heterocycles. The molecule has 17 heavy (non-hydrogen) atoms. The molecule has 0 aliphatic rings. The Balaban J connectivity index is 2.41. The number of aromatic nitrogens is 1. The molecule has 0 atom stereocenters. The van der Waals surface area contributed by atoms with Gasteiger partial charge in [0.1, 0.15) is 0 Å². The number of hydrogen-bond donors (Lipinski definition) is 0. The third-order valence-corrected chi connectivity index (χ3v) is 3.08. The van der Waals surface area contributed by atoms with Crippen LogP contribution in [0, 0.1) is 11.3 Å². The molecule has 0 fully saturated rings. The summed E-state index contributed by atoms with van der Waals surface area (Å²) in [5, 5.41) is 9.20. The van der Waals surface area contributed by atoms with Crippen molar-refractivity contribution in [2.24, 2.45) is 7.05 Å². The second-order valence-corrected chi connectivity index (χ2v) is 4.64. The van der Waals surface area contributed by atoms with Crippen LogP contribution in [0.2, 0.25) is 0 Å². The number of benzene rings is 1. The lowest BCUT2D eigenvalue weighted by atomic mass is 10.1. The third kappa shape index (κ3) is 2.66. The van der Waals surface area contributed by atoms with Crippen LogP contribution >= 0.6 is 15.9 Å². The van der Waals surface area contributed by atoms with Crippen molar-refractivity contribution in [2.45, 2.75) is 0 Å². The first-order valence-corrected chi connectivity index (χ1v) is 5.99. The standard InChI is InChI=1S/C14H11BrN2/c1-17-8-2-3-14(17)9-12(10-16)11-4-6-13(15)7-5-11/h2-9H,1H3. The summed E-state index contributed by atoms with van der Waals surface area (Å²) >= 11 is 3.38. The van der Waals surface area contributed by atoms with Gasteiger partial charge in [0.2, 0.25) is 0 Å². The monoisotopic (exact) mass is 286 g/mol. The number of allylic oxidation sites excluding steroid dienone is 1. The van der Waals surface area contributed by atoms with Gasteiger partial charge >= 0.3 is 0 Å². The van der Waals surface area contributed by atoms with Gasteiger partial charge in [-0.25, -0.2) is 0 Å². The Labute approximate surface area is 109 Å². The molecular formula is C14H11BrN2. The van der Waals surface area contributed by atoms with Crippen LogP contribution in [0.15, 0.2) is 47.1 Å². The van der Waals surface area contributed by atoms with Crippen molar-refractivity contribution < 1.29 is 0 Å². The Morgan fingerprint density at radius 3 is 2.53 bits per heavy atom. The van der Waals surface area contributed by atoms with Gasteiger partial charge < -0.3 is 4.57 Å². The summed E-state index contributed by atoms with van der Waals surface area (Å²) in [5.74, 6) is 0. The van der Waals surface area contributed by atoms with Gasteiger partial charge in [-0.3, -0.25) is 0 Å². The summed E-state index contributed by atoms with van der Waals surface area (Å²) in [5.41, 5.74) is 2.61. The summed E-state index contributed by atoms with van der Waals surface area (Å²) in [4.78, 5) is 0. The quantitative estimate of drug-likeness (QED) is 0.771. The maximum atomic E-state index is 9.20. The molecule has 0 saturated carbocycles. The van der Waals surface area contributed by atoms with Crippen molar-refractivity contribution in [3.63, 3.8) is 0 Å². The maximum absolute atomic E-state index is 9.20. The number of halogens is 1. The van der Waals surface area contributed by atoms with E-state index < -0.39 is 0 Å². The van der Waals surface area contributed by atoms with E-state index in [1.54, 1.807) is 0 Å². The summed E-state index contributed by atoms with van der Waals surface area (Å²) in [6.45, 7) is 0. The fourth-order valence-corrected chi connectivity index (χ4v) is 1.85. The van der Waals surface area contributed by atoms with Crippen molar-refractivity contribution in [1.29, 1.82) is 5.26 Å². The summed E-state index contributed by atoms with van der Waals surface area (Å²) in [7, 11) is 1.96. The van der Waals surface area contributed by atoms with Crippen LogP contribution in [-0.4, -0.2) is 4.57 Å². The zero-order valence-corrected chi connectivity index (χ0v) is 11.0. The molecule has 2 rings (SSSR count). The Kier molecular flexibility index (Phi) is 3.46. The zero-order chi connectivity index (χ0) is 12.3. The van der Waals surface area contributed by atoms with E-state index in [0.29, 0.717) is 5.57 Å². The number of nitriles is 1. The lowest BCUT2D eigenvalue weighted by Crippen LogP contribution is -1.89. The van der Waals surface area contributed by atoms with Gasteiger partial charge in [0.25, 0.3) is 0 Å². The molecule has 0 aliphatic heterocycles. The van der Waals surface area contributed by atoms with E-state index in [1.165, 1.54) is 0 Å². The van der Waals surface area contributed by atoms with Crippen LogP contribution in [0.5, 0.6) is 0 Å². The average Bonchev–Trinajstić information content (AvgIpc) is 2.73. The highest BCUT2D eigenvalue weighted by Gasteiger charge is 2.02. The van der Waals surface area contributed by atoms with E-state index >= 15 is 0 Å². The lowest BCUT2D eigenvalue weighted by molar-refractivity contribution is 0.915. The average molecular weight is 287 g/mol. The van der Waals surface area contributed by atoms with Crippen molar-refractivity contribution in [1.82, 2.24) is 4.57 Å². The Morgan fingerprint density at radius 2 is 2.00 bits per heavy atom. The Bertz CT molecular complexity index is 585. The zero-order valence-electron chi connectivity index (χ0n) is 9.39. The first-order chi connectivity index (χ1) is 8.20. The summed E-state index contributed by atoms with van der Waals surface area (Å²) in [6, 6.07) is 13.9. The molecule has 1 aromatic carbocycles. The van der Waals surface area contributed by atoms with Gasteiger partial charge in [-0.2, -0.15) is 5.26 Å². The molecular weight excluding hydrogens is 276 g/mol. The second-order valence-electron chi connectivity index (χ2n) is 3.72. The van der Waals surface area contributed by atoms with Crippen molar-refractivity contribution in [3.05, 3.63) is 58.3 Å². The van der Waals surface area contributed by atoms with Crippen LogP contribution in [0.1, 0.15) is 11.3 Å². The fraction of sp³-hybridized carbons (Fsp3) is 0.0714. The molecule has 0 aliphatic carbocycles. The third-order valence-electron chi connectivity index (χ3n) is 2.55.